The zero-order valence-corrected chi connectivity index (χ0v) is 16.4. The van der Waals surface area contributed by atoms with E-state index in [1.165, 1.54) is 4.88 Å². The van der Waals surface area contributed by atoms with Crippen molar-refractivity contribution in [3.63, 3.8) is 0 Å². The number of carbonyl (C=O) groups is 1. The SMILES string of the molecule is CC(C)CC(CNC(=O)OC(C)(C)C)NCc1cc(Br)cs1. The van der Waals surface area contributed by atoms with Gasteiger partial charge in [0.25, 0.3) is 0 Å². The molecular formula is C16H27BrN2O2S. The van der Waals surface area contributed by atoms with Gasteiger partial charge in [0, 0.05) is 33.9 Å². The Bertz CT molecular complexity index is 469. The standard InChI is InChI=1S/C16H27BrN2O2S/c1-11(2)6-13(8-19-15(20)21-16(3,4)5)18-9-14-7-12(17)10-22-14/h7,10-11,13,18H,6,8-9H2,1-5H3,(H,19,20). The lowest BCUT2D eigenvalue weighted by Gasteiger charge is -2.23. The van der Waals surface area contributed by atoms with Gasteiger partial charge in [0.05, 0.1) is 0 Å². The second kappa shape index (κ2) is 8.89. The van der Waals surface area contributed by atoms with Crippen LogP contribution in [0.3, 0.4) is 0 Å². The number of amides is 1. The maximum absolute atomic E-state index is 11.8. The molecule has 4 nitrogen and oxygen atoms in total. The second-order valence-corrected chi connectivity index (χ2v) is 8.73. The third-order valence-corrected chi connectivity index (χ3v) is 4.53. The molecule has 1 unspecified atom stereocenters. The molecule has 0 aliphatic carbocycles. The van der Waals surface area contributed by atoms with Crippen LogP contribution in [0.5, 0.6) is 0 Å². The molecule has 126 valence electrons. The van der Waals surface area contributed by atoms with Crippen LogP contribution in [-0.2, 0) is 11.3 Å². The summed E-state index contributed by atoms with van der Waals surface area (Å²) in [6.45, 7) is 11.3. The van der Waals surface area contributed by atoms with Crippen molar-refractivity contribution in [2.24, 2.45) is 5.92 Å². The molecule has 1 atom stereocenters. The number of halogens is 1. The Kier molecular flexibility index (Phi) is 7.86. The van der Waals surface area contributed by atoms with Gasteiger partial charge in [0.15, 0.2) is 0 Å². The Morgan fingerprint density at radius 2 is 2.09 bits per heavy atom. The molecule has 0 saturated carbocycles. The van der Waals surface area contributed by atoms with Crippen molar-refractivity contribution in [1.82, 2.24) is 10.6 Å². The Morgan fingerprint density at radius 3 is 2.59 bits per heavy atom. The average molecular weight is 391 g/mol. The summed E-state index contributed by atoms with van der Waals surface area (Å²) >= 11 is 5.19. The predicted molar refractivity (Wildman–Crippen MR) is 96.3 cm³/mol. The lowest BCUT2D eigenvalue weighted by molar-refractivity contribution is 0.0521. The molecule has 1 aromatic heterocycles. The van der Waals surface area contributed by atoms with Crippen LogP contribution in [0.4, 0.5) is 4.79 Å². The average Bonchev–Trinajstić information content (AvgIpc) is 2.76. The fraction of sp³-hybridized carbons (Fsp3) is 0.688. The van der Waals surface area contributed by atoms with E-state index in [4.69, 9.17) is 4.74 Å². The minimum atomic E-state index is -0.464. The maximum Gasteiger partial charge on any atom is 0.407 e. The maximum atomic E-state index is 11.8. The summed E-state index contributed by atoms with van der Waals surface area (Å²) in [4.78, 5) is 13.0. The molecule has 1 heterocycles. The molecule has 0 radical (unpaired) electrons. The lowest BCUT2D eigenvalue weighted by atomic mass is 10.0. The topological polar surface area (TPSA) is 50.4 Å². The molecule has 6 heteroatoms. The quantitative estimate of drug-likeness (QED) is 0.718. The number of thiophene rings is 1. The van der Waals surface area contributed by atoms with Gasteiger partial charge in [0.1, 0.15) is 5.60 Å². The Morgan fingerprint density at radius 1 is 1.41 bits per heavy atom. The van der Waals surface area contributed by atoms with Gasteiger partial charge in [-0.25, -0.2) is 4.79 Å². The van der Waals surface area contributed by atoms with Crippen molar-refractivity contribution in [2.75, 3.05) is 6.54 Å². The van der Waals surface area contributed by atoms with Crippen molar-refractivity contribution >= 4 is 33.4 Å². The molecule has 0 saturated heterocycles. The van der Waals surface area contributed by atoms with E-state index in [1.54, 1.807) is 11.3 Å². The van der Waals surface area contributed by atoms with Gasteiger partial charge in [0.2, 0.25) is 0 Å². The molecule has 0 aromatic carbocycles. The van der Waals surface area contributed by atoms with Gasteiger partial charge < -0.3 is 15.4 Å². The fourth-order valence-corrected chi connectivity index (χ4v) is 3.42. The molecule has 0 aliphatic rings. The number of ether oxygens (including phenoxy) is 1. The van der Waals surface area contributed by atoms with Crippen LogP contribution in [-0.4, -0.2) is 24.3 Å². The fourth-order valence-electron chi connectivity index (χ4n) is 2.02. The number of hydrogen-bond donors (Lipinski definition) is 2. The van der Waals surface area contributed by atoms with Crippen molar-refractivity contribution in [1.29, 1.82) is 0 Å². The number of carbonyl (C=O) groups excluding carboxylic acids is 1. The second-order valence-electron chi connectivity index (χ2n) is 6.82. The van der Waals surface area contributed by atoms with Crippen LogP contribution in [0.1, 0.15) is 45.9 Å². The largest absolute Gasteiger partial charge is 0.444 e. The summed E-state index contributed by atoms with van der Waals surface area (Å²) in [5, 5.41) is 8.45. The third-order valence-electron chi connectivity index (χ3n) is 2.83. The number of nitrogens with one attached hydrogen (secondary N) is 2. The van der Waals surface area contributed by atoms with E-state index in [9.17, 15) is 4.79 Å². The van der Waals surface area contributed by atoms with E-state index in [2.05, 4.69) is 51.9 Å². The van der Waals surface area contributed by atoms with Gasteiger partial charge in [-0.15, -0.1) is 11.3 Å². The van der Waals surface area contributed by atoms with E-state index in [-0.39, 0.29) is 12.1 Å². The highest BCUT2D eigenvalue weighted by Crippen LogP contribution is 2.19. The normalized spacial score (nSPS) is 13.2. The van der Waals surface area contributed by atoms with Crippen molar-refractivity contribution < 1.29 is 9.53 Å². The summed E-state index contributed by atoms with van der Waals surface area (Å²) in [5.74, 6) is 0.563. The van der Waals surface area contributed by atoms with Gasteiger partial charge in [-0.05, 0) is 55.1 Å². The summed E-state index contributed by atoms with van der Waals surface area (Å²) in [6.07, 6.45) is 0.643. The highest BCUT2D eigenvalue weighted by Gasteiger charge is 2.18. The van der Waals surface area contributed by atoms with Gasteiger partial charge >= 0.3 is 6.09 Å². The van der Waals surface area contributed by atoms with Gasteiger partial charge in [-0.1, -0.05) is 13.8 Å². The molecule has 0 fully saturated rings. The Balaban J connectivity index is 2.44. The summed E-state index contributed by atoms with van der Waals surface area (Å²) < 4.78 is 6.39. The van der Waals surface area contributed by atoms with Crippen molar-refractivity contribution in [3.05, 3.63) is 20.8 Å². The first kappa shape index (κ1) is 19.5. The van der Waals surface area contributed by atoms with E-state index in [0.717, 1.165) is 17.4 Å². The van der Waals surface area contributed by atoms with Crippen LogP contribution in [0, 0.1) is 5.92 Å². The lowest BCUT2D eigenvalue weighted by Crippen LogP contribution is -2.43. The van der Waals surface area contributed by atoms with Crippen LogP contribution < -0.4 is 10.6 Å². The third kappa shape index (κ3) is 8.76. The highest BCUT2D eigenvalue weighted by atomic mass is 79.9. The van der Waals surface area contributed by atoms with Crippen LogP contribution in [0.2, 0.25) is 0 Å². The van der Waals surface area contributed by atoms with E-state index < -0.39 is 5.60 Å². The monoisotopic (exact) mass is 390 g/mol. The Labute approximate surface area is 146 Å². The number of hydrogen-bond acceptors (Lipinski definition) is 4. The molecule has 0 aliphatic heterocycles. The van der Waals surface area contributed by atoms with Gasteiger partial charge in [-0.2, -0.15) is 0 Å². The molecule has 1 amide bonds. The van der Waals surface area contributed by atoms with Crippen LogP contribution in [0.15, 0.2) is 15.9 Å². The first-order valence-electron chi connectivity index (χ1n) is 7.59. The predicted octanol–water partition coefficient (Wildman–Crippen LogP) is 4.54. The first-order chi connectivity index (χ1) is 10.2. The minimum absolute atomic E-state index is 0.230. The molecular weight excluding hydrogens is 364 g/mol. The van der Waals surface area contributed by atoms with Crippen LogP contribution in [0.25, 0.3) is 0 Å². The smallest absolute Gasteiger partial charge is 0.407 e. The van der Waals surface area contributed by atoms with E-state index >= 15 is 0 Å². The molecule has 1 aromatic rings. The summed E-state index contributed by atoms with van der Waals surface area (Å²) in [7, 11) is 0. The zero-order chi connectivity index (χ0) is 16.8. The van der Waals surface area contributed by atoms with Gasteiger partial charge in [-0.3, -0.25) is 0 Å². The van der Waals surface area contributed by atoms with E-state index in [0.29, 0.717) is 12.5 Å². The van der Waals surface area contributed by atoms with E-state index in [1.807, 2.05) is 20.8 Å². The number of rotatable bonds is 7. The summed E-state index contributed by atoms with van der Waals surface area (Å²) in [6, 6.07) is 2.35. The Hall–Kier alpha value is -0.590. The molecule has 0 bridgehead atoms. The molecule has 1 rings (SSSR count). The van der Waals surface area contributed by atoms with Crippen molar-refractivity contribution in [3.8, 4) is 0 Å². The number of alkyl carbamates (subject to hydrolysis) is 1. The molecule has 0 spiro atoms. The molecule has 22 heavy (non-hydrogen) atoms. The molecule has 2 N–H and O–H groups in total. The van der Waals surface area contributed by atoms with Crippen LogP contribution >= 0.6 is 27.3 Å². The van der Waals surface area contributed by atoms with Crippen molar-refractivity contribution in [2.45, 2.75) is 59.2 Å². The minimum Gasteiger partial charge on any atom is -0.444 e. The summed E-state index contributed by atoms with van der Waals surface area (Å²) in [5.41, 5.74) is -0.464. The zero-order valence-electron chi connectivity index (χ0n) is 14.0. The highest BCUT2D eigenvalue weighted by molar-refractivity contribution is 9.10. The first-order valence-corrected chi connectivity index (χ1v) is 9.26.